The summed E-state index contributed by atoms with van der Waals surface area (Å²) in [7, 11) is 0. The topological polar surface area (TPSA) is 95.9 Å². The van der Waals surface area contributed by atoms with E-state index in [1.807, 2.05) is 48.5 Å². The molecule has 0 bridgehead atoms. The van der Waals surface area contributed by atoms with Gasteiger partial charge in [-0.1, -0.05) is 48.5 Å². The van der Waals surface area contributed by atoms with Gasteiger partial charge in [-0.25, -0.2) is 9.59 Å². The number of carbonyl (C=O) groups is 2. The maximum atomic E-state index is 12.6. The molecule has 0 aliphatic heterocycles. The lowest BCUT2D eigenvalue weighted by Crippen LogP contribution is -2.54. The van der Waals surface area contributed by atoms with Crippen molar-refractivity contribution in [2.45, 2.75) is 24.2 Å². The van der Waals surface area contributed by atoms with Crippen LogP contribution in [0.25, 0.3) is 11.1 Å². The van der Waals surface area contributed by atoms with E-state index >= 15 is 0 Å². The van der Waals surface area contributed by atoms with Gasteiger partial charge in [0, 0.05) is 5.92 Å². The van der Waals surface area contributed by atoms with E-state index in [1.165, 1.54) is 0 Å². The number of carboxylic acid groups (broad SMARTS) is 1. The van der Waals surface area contributed by atoms with E-state index in [0.717, 1.165) is 22.3 Å². The second kappa shape index (κ2) is 7.51. The van der Waals surface area contributed by atoms with Gasteiger partial charge in [0.1, 0.15) is 6.61 Å². The van der Waals surface area contributed by atoms with E-state index in [0.29, 0.717) is 0 Å². The first-order chi connectivity index (χ1) is 13.2. The lowest BCUT2D eigenvalue weighted by Gasteiger charge is -2.22. The lowest BCUT2D eigenvalue weighted by molar-refractivity contribution is -0.214. The van der Waals surface area contributed by atoms with Crippen LogP contribution in [0.4, 0.5) is 18.0 Å². The Balaban J connectivity index is 1.72. The summed E-state index contributed by atoms with van der Waals surface area (Å²) in [6, 6.07) is 12.3. The number of ether oxygens (including phenoxy) is 1. The number of halogens is 3. The second-order valence-electron chi connectivity index (χ2n) is 6.27. The number of fused-ring (bicyclic) bond motifs is 3. The first-order valence-electron chi connectivity index (χ1n) is 8.29. The highest BCUT2D eigenvalue weighted by Gasteiger charge is 2.47. The molecule has 148 valence electrons. The standard InChI is InChI=1S/C19H16F3NO5/c20-19(21,22)16(24)15(17(25)26)23-18(27)28-9-14-12-7-3-1-5-10(12)11-6-2-4-8-13(11)14/h1-8,14-16,24H,9H2,(H,23,27)(H,25,26). The van der Waals surface area contributed by atoms with E-state index in [4.69, 9.17) is 14.9 Å². The summed E-state index contributed by atoms with van der Waals surface area (Å²) < 4.78 is 42.7. The maximum Gasteiger partial charge on any atom is 0.416 e. The molecule has 0 heterocycles. The highest BCUT2D eigenvalue weighted by atomic mass is 19.4. The van der Waals surface area contributed by atoms with Crippen molar-refractivity contribution in [3.8, 4) is 11.1 Å². The third-order valence-corrected chi connectivity index (χ3v) is 4.53. The van der Waals surface area contributed by atoms with Crippen LogP contribution in [-0.4, -0.2) is 47.2 Å². The zero-order valence-electron chi connectivity index (χ0n) is 14.3. The van der Waals surface area contributed by atoms with Gasteiger partial charge in [0.25, 0.3) is 0 Å². The number of aliphatic hydroxyl groups excluding tert-OH is 1. The molecule has 0 saturated carbocycles. The van der Waals surface area contributed by atoms with Crippen molar-refractivity contribution >= 4 is 12.1 Å². The van der Waals surface area contributed by atoms with Crippen LogP contribution in [0.1, 0.15) is 17.0 Å². The molecule has 28 heavy (non-hydrogen) atoms. The summed E-state index contributed by atoms with van der Waals surface area (Å²) in [6.45, 7) is -0.200. The highest BCUT2D eigenvalue weighted by molar-refractivity contribution is 5.81. The van der Waals surface area contributed by atoms with Crippen LogP contribution >= 0.6 is 0 Å². The van der Waals surface area contributed by atoms with E-state index in [9.17, 15) is 22.8 Å². The number of hydrogen-bond donors (Lipinski definition) is 3. The molecule has 3 N–H and O–H groups in total. The number of alkyl carbamates (subject to hydrolysis) is 1. The molecular formula is C19H16F3NO5. The van der Waals surface area contributed by atoms with Gasteiger partial charge in [0.15, 0.2) is 12.1 Å². The fourth-order valence-corrected chi connectivity index (χ4v) is 3.23. The zero-order valence-corrected chi connectivity index (χ0v) is 14.3. The average molecular weight is 395 g/mol. The molecule has 0 spiro atoms. The van der Waals surface area contributed by atoms with Crippen LogP contribution in [0.5, 0.6) is 0 Å². The van der Waals surface area contributed by atoms with Gasteiger partial charge < -0.3 is 20.3 Å². The Bertz CT molecular complexity index is 854. The SMILES string of the molecule is O=C(NC(C(=O)O)C(O)C(F)(F)F)OCC1c2ccccc2-c2ccccc21. The molecule has 1 amide bonds. The molecule has 2 aromatic rings. The lowest BCUT2D eigenvalue weighted by atomic mass is 9.98. The monoisotopic (exact) mass is 395 g/mol. The first kappa shape index (κ1) is 19.7. The van der Waals surface area contributed by atoms with Crippen LogP contribution in [-0.2, 0) is 9.53 Å². The van der Waals surface area contributed by atoms with Gasteiger partial charge in [0.05, 0.1) is 0 Å². The largest absolute Gasteiger partial charge is 0.480 e. The molecule has 2 atom stereocenters. The zero-order chi connectivity index (χ0) is 20.5. The number of amides is 1. The van der Waals surface area contributed by atoms with E-state index in [2.05, 4.69) is 0 Å². The number of carbonyl (C=O) groups excluding carboxylic acids is 1. The first-order valence-corrected chi connectivity index (χ1v) is 8.29. The molecular weight excluding hydrogens is 379 g/mol. The van der Waals surface area contributed by atoms with E-state index in [-0.39, 0.29) is 12.5 Å². The summed E-state index contributed by atoms with van der Waals surface area (Å²) >= 11 is 0. The third-order valence-electron chi connectivity index (χ3n) is 4.53. The van der Waals surface area contributed by atoms with Crippen molar-refractivity contribution in [3.63, 3.8) is 0 Å². The van der Waals surface area contributed by atoms with Crippen molar-refractivity contribution in [2.75, 3.05) is 6.61 Å². The van der Waals surface area contributed by atoms with Gasteiger partial charge in [0.2, 0.25) is 0 Å². The van der Waals surface area contributed by atoms with Gasteiger partial charge in [-0.05, 0) is 22.3 Å². The van der Waals surface area contributed by atoms with Gasteiger partial charge in [-0.3, -0.25) is 0 Å². The van der Waals surface area contributed by atoms with Crippen molar-refractivity contribution in [1.82, 2.24) is 5.32 Å². The number of nitrogens with one attached hydrogen (secondary N) is 1. The van der Waals surface area contributed by atoms with E-state index in [1.54, 1.807) is 5.32 Å². The number of hydrogen-bond acceptors (Lipinski definition) is 4. The Morgan fingerprint density at radius 2 is 1.54 bits per heavy atom. The molecule has 1 aliphatic rings. The van der Waals surface area contributed by atoms with Crippen LogP contribution in [0.15, 0.2) is 48.5 Å². The summed E-state index contributed by atoms with van der Waals surface area (Å²) in [5.41, 5.74) is 3.70. The molecule has 0 fully saturated rings. The van der Waals surface area contributed by atoms with Crippen LogP contribution in [0.3, 0.4) is 0 Å². The molecule has 9 heteroatoms. The molecule has 1 aliphatic carbocycles. The predicted molar refractivity (Wildman–Crippen MR) is 91.7 cm³/mol. The number of carboxylic acids is 1. The van der Waals surface area contributed by atoms with Crippen molar-refractivity contribution in [2.24, 2.45) is 0 Å². The van der Waals surface area contributed by atoms with Gasteiger partial charge in [-0.2, -0.15) is 13.2 Å². The van der Waals surface area contributed by atoms with Gasteiger partial charge in [-0.15, -0.1) is 0 Å². The summed E-state index contributed by atoms with van der Waals surface area (Å²) in [5, 5.41) is 19.6. The summed E-state index contributed by atoms with van der Waals surface area (Å²) in [6.07, 6.45) is -9.83. The minimum atomic E-state index is -5.21. The number of aliphatic carboxylic acids is 1. The third kappa shape index (κ3) is 3.79. The number of benzene rings is 2. The molecule has 0 saturated heterocycles. The molecule has 0 radical (unpaired) electrons. The van der Waals surface area contributed by atoms with Crippen LogP contribution in [0.2, 0.25) is 0 Å². The van der Waals surface area contributed by atoms with Crippen molar-refractivity contribution < 1.29 is 37.7 Å². The summed E-state index contributed by atoms with van der Waals surface area (Å²) in [4.78, 5) is 22.9. The van der Waals surface area contributed by atoms with Crippen LogP contribution in [0, 0.1) is 0 Å². The smallest absolute Gasteiger partial charge is 0.416 e. The number of alkyl halides is 3. The molecule has 2 unspecified atom stereocenters. The maximum absolute atomic E-state index is 12.6. The number of rotatable bonds is 5. The molecule has 6 nitrogen and oxygen atoms in total. The molecule has 0 aromatic heterocycles. The quantitative estimate of drug-likeness (QED) is 0.724. The van der Waals surface area contributed by atoms with Crippen molar-refractivity contribution in [3.05, 3.63) is 59.7 Å². The normalized spacial score (nSPS) is 15.3. The van der Waals surface area contributed by atoms with Crippen LogP contribution < -0.4 is 5.32 Å². The fraction of sp³-hybridized carbons (Fsp3) is 0.263. The number of aliphatic hydroxyl groups is 1. The predicted octanol–water partition coefficient (Wildman–Crippen LogP) is 2.90. The minimum absolute atomic E-state index is 0.200. The fourth-order valence-electron chi connectivity index (χ4n) is 3.23. The Kier molecular flexibility index (Phi) is 5.28. The van der Waals surface area contributed by atoms with Gasteiger partial charge >= 0.3 is 18.2 Å². The Morgan fingerprint density at radius 1 is 1.04 bits per heavy atom. The average Bonchev–Trinajstić information content (AvgIpc) is 2.97. The Morgan fingerprint density at radius 3 is 2.00 bits per heavy atom. The minimum Gasteiger partial charge on any atom is -0.480 e. The molecule has 2 aromatic carbocycles. The molecule has 3 rings (SSSR count). The van der Waals surface area contributed by atoms with Crippen molar-refractivity contribution in [1.29, 1.82) is 0 Å². The Labute approximate surface area is 157 Å². The van der Waals surface area contributed by atoms with E-state index < -0.39 is 30.4 Å². The Hall–Kier alpha value is -3.07. The summed E-state index contributed by atoms with van der Waals surface area (Å²) in [5.74, 6) is -2.37. The second-order valence-corrected chi connectivity index (χ2v) is 6.27. The highest BCUT2D eigenvalue weighted by Crippen LogP contribution is 2.44.